The van der Waals surface area contributed by atoms with E-state index in [2.05, 4.69) is 10.4 Å². The summed E-state index contributed by atoms with van der Waals surface area (Å²) in [5, 5.41) is 16.6. The molecule has 0 aliphatic rings. The maximum atomic E-state index is 14.1. The first-order chi connectivity index (χ1) is 16.2. The van der Waals surface area contributed by atoms with Gasteiger partial charge in [0.2, 0.25) is 11.8 Å². The maximum absolute atomic E-state index is 14.1. The molecule has 3 aromatic rings. The maximum Gasteiger partial charge on any atom is 0.269 e. The third-order valence-electron chi connectivity index (χ3n) is 5.40. The van der Waals surface area contributed by atoms with Crippen molar-refractivity contribution in [1.82, 2.24) is 20.0 Å². The standard InChI is InChI=1S/C23H25ClFN5O4/c1-14(9-10-31)29(12-19(32)27-11-15-5-4-7-17(24)21(15)25)20(33)13-30-18-8-3-2-6-16(18)22(28-30)23(26)34/h2-8,14,31H,9-13H2,1H3,(H2,26,34)(H,27,32)/t14-/m1/s1. The zero-order valence-electron chi connectivity index (χ0n) is 18.5. The first kappa shape index (κ1) is 25.1. The minimum atomic E-state index is -0.722. The van der Waals surface area contributed by atoms with Crippen LogP contribution in [-0.2, 0) is 22.7 Å². The fourth-order valence-corrected chi connectivity index (χ4v) is 3.76. The molecule has 0 saturated carbocycles. The number of carbonyl (C=O) groups is 3. The summed E-state index contributed by atoms with van der Waals surface area (Å²) in [6.45, 7) is 0.849. The van der Waals surface area contributed by atoms with Crippen LogP contribution in [0.4, 0.5) is 4.39 Å². The van der Waals surface area contributed by atoms with Crippen LogP contribution < -0.4 is 11.1 Å². The van der Waals surface area contributed by atoms with Crippen molar-refractivity contribution in [3.63, 3.8) is 0 Å². The van der Waals surface area contributed by atoms with Gasteiger partial charge in [0.15, 0.2) is 5.69 Å². The summed E-state index contributed by atoms with van der Waals surface area (Å²) in [5.41, 5.74) is 6.21. The summed E-state index contributed by atoms with van der Waals surface area (Å²) in [4.78, 5) is 38.8. The number of carbonyl (C=O) groups excluding carboxylic acids is 3. The van der Waals surface area contributed by atoms with Crippen LogP contribution in [0.2, 0.25) is 5.02 Å². The van der Waals surface area contributed by atoms with Crippen LogP contribution in [0.5, 0.6) is 0 Å². The van der Waals surface area contributed by atoms with E-state index in [1.54, 1.807) is 37.3 Å². The third-order valence-corrected chi connectivity index (χ3v) is 5.69. The third kappa shape index (κ3) is 5.70. The average Bonchev–Trinajstić information content (AvgIpc) is 3.17. The number of primary amides is 1. The van der Waals surface area contributed by atoms with Gasteiger partial charge in [-0.1, -0.05) is 41.9 Å². The van der Waals surface area contributed by atoms with E-state index in [1.165, 1.54) is 21.7 Å². The van der Waals surface area contributed by atoms with Crippen molar-refractivity contribution in [2.45, 2.75) is 32.5 Å². The number of benzene rings is 2. The number of hydrogen-bond acceptors (Lipinski definition) is 5. The van der Waals surface area contributed by atoms with Crippen molar-refractivity contribution in [1.29, 1.82) is 0 Å². The number of nitrogens with one attached hydrogen (secondary N) is 1. The second kappa shape index (κ2) is 11.1. The van der Waals surface area contributed by atoms with Crippen molar-refractivity contribution in [2.75, 3.05) is 13.2 Å². The van der Waals surface area contributed by atoms with Gasteiger partial charge in [-0.3, -0.25) is 19.1 Å². The van der Waals surface area contributed by atoms with E-state index in [9.17, 15) is 23.9 Å². The van der Waals surface area contributed by atoms with Crippen molar-refractivity contribution in [3.05, 3.63) is 64.6 Å². The topological polar surface area (TPSA) is 131 Å². The molecular formula is C23H25ClFN5O4. The molecule has 0 aliphatic heterocycles. The number of aliphatic hydroxyl groups excluding tert-OH is 1. The first-order valence-electron chi connectivity index (χ1n) is 10.6. The van der Waals surface area contributed by atoms with E-state index >= 15 is 0 Å². The minimum Gasteiger partial charge on any atom is -0.396 e. The van der Waals surface area contributed by atoms with Gasteiger partial charge in [0.25, 0.3) is 5.91 Å². The Morgan fingerprint density at radius 3 is 2.68 bits per heavy atom. The van der Waals surface area contributed by atoms with E-state index in [0.717, 1.165) is 0 Å². The molecule has 180 valence electrons. The normalized spacial score (nSPS) is 11.9. The van der Waals surface area contributed by atoms with Gasteiger partial charge >= 0.3 is 0 Å². The molecule has 0 unspecified atom stereocenters. The SMILES string of the molecule is C[C@H](CCO)N(CC(=O)NCc1cccc(Cl)c1F)C(=O)Cn1nc(C(N)=O)c2ccccc21. The second-order valence-corrected chi connectivity index (χ2v) is 8.17. The number of aromatic nitrogens is 2. The molecule has 1 aromatic heterocycles. The molecule has 1 atom stereocenters. The van der Waals surface area contributed by atoms with Gasteiger partial charge in [0, 0.05) is 30.1 Å². The number of nitrogens with zero attached hydrogens (tertiary/aromatic N) is 3. The smallest absolute Gasteiger partial charge is 0.269 e. The molecule has 2 aromatic carbocycles. The van der Waals surface area contributed by atoms with Gasteiger partial charge in [-0.15, -0.1) is 0 Å². The van der Waals surface area contributed by atoms with E-state index in [1.807, 2.05) is 0 Å². The zero-order chi connectivity index (χ0) is 24.8. The predicted octanol–water partition coefficient (Wildman–Crippen LogP) is 1.84. The lowest BCUT2D eigenvalue weighted by Crippen LogP contribution is -2.47. The van der Waals surface area contributed by atoms with Gasteiger partial charge < -0.3 is 21.1 Å². The number of rotatable bonds is 10. The number of fused-ring (bicyclic) bond motifs is 1. The fourth-order valence-electron chi connectivity index (χ4n) is 3.57. The molecule has 0 saturated heterocycles. The van der Waals surface area contributed by atoms with Crippen molar-refractivity contribution in [3.8, 4) is 0 Å². The molecule has 1 heterocycles. The molecule has 0 spiro atoms. The Labute approximate surface area is 200 Å². The summed E-state index contributed by atoms with van der Waals surface area (Å²) in [7, 11) is 0. The van der Waals surface area contributed by atoms with Crippen LogP contribution in [-0.4, -0.2) is 56.7 Å². The fraction of sp³-hybridized carbons (Fsp3) is 0.304. The zero-order valence-corrected chi connectivity index (χ0v) is 19.3. The van der Waals surface area contributed by atoms with Crippen molar-refractivity contribution < 1.29 is 23.9 Å². The Hall–Kier alpha value is -3.50. The Morgan fingerprint density at radius 1 is 1.24 bits per heavy atom. The van der Waals surface area contributed by atoms with Gasteiger partial charge in [-0.05, 0) is 25.5 Å². The lowest BCUT2D eigenvalue weighted by Gasteiger charge is -2.28. The van der Waals surface area contributed by atoms with Crippen molar-refractivity contribution in [2.24, 2.45) is 5.73 Å². The number of nitrogens with two attached hydrogens (primary N) is 1. The molecular weight excluding hydrogens is 465 g/mol. The Kier molecular flexibility index (Phi) is 8.19. The molecule has 0 radical (unpaired) electrons. The summed E-state index contributed by atoms with van der Waals surface area (Å²) in [5.74, 6) is -2.31. The van der Waals surface area contributed by atoms with Gasteiger partial charge in [-0.25, -0.2) is 4.39 Å². The molecule has 11 heteroatoms. The molecule has 4 N–H and O–H groups in total. The first-order valence-corrected chi connectivity index (χ1v) is 11.0. The number of halogens is 2. The summed E-state index contributed by atoms with van der Waals surface area (Å²) in [6, 6.07) is 10.9. The van der Waals surface area contributed by atoms with Crippen LogP contribution in [0, 0.1) is 5.82 Å². The monoisotopic (exact) mass is 489 g/mol. The quantitative estimate of drug-likeness (QED) is 0.400. The van der Waals surface area contributed by atoms with Crippen LogP contribution in [0.3, 0.4) is 0 Å². The highest BCUT2D eigenvalue weighted by Gasteiger charge is 2.25. The largest absolute Gasteiger partial charge is 0.396 e. The predicted molar refractivity (Wildman–Crippen MR) is 124 cm³/mol. The van der Waals surface area contributed by atoms with Gasteiger partial charge in [0.05, 0.1) is 17.1 Å². The molecule has 3 rings (SSSR count). The minimum absolute atomic E-state index is 0.0413. The van der Waals surface area contributed by atoms with Crippen LogP contribution >= 0.6 is 11.6 Å². The number of amides is 3. The van der Waals surface area contributed by atoms with Crippen LogP contribution in [0.1, 0.15) is 29.4 Å². The Balaban J connectivity index is 1.76. The average molecular weight is 490 g/mol. The Bertz CT molecular complexity index is 1220. The van der Waals surface area contributed by atoms with E-state index < -0.39 is 29.6 Å². The number of aliphatic hydroxyl groups is 1. The summed E-state index contributed by atoms with van der Waals surface area (Å²) >= 11 is 5.77. The van der Waals surface area contributed by atoms with E-state index in [4.69, 9.17) is 17.3 Å². The molecule has 34 heavy (non-hydrogen) atoms. The van der Waals surface area contributed by atoms with E-state index in [-0.39, 0.29) is 48.9 Å². The summed E-state index contributed by atoms with van der Waals surface area (Å²) in [6.07, 6.45) is 0.244. The molecule has 3 amide bonds. The molecule has 0 aliphatic carbocycles. The number of hydrogen-bond donors (Lipinski definition) is 3. The van der Waals surface area contributed by atoms with Crippen LogP contribution in [0.15, 0.2) is 42.5 Å². The molecule has 0 bridgehead atoms. The highest BCUT2D eigenvalue weighted by molar-refractivity contribution is 6.30. The highest BCUT2D eigenvalue weighted by atomic mass is 35.5. The Morgan fingerprint density at radius 2 is 1.97 bits per heavy atom. The number of para-hydroxylation sites is 1. The lowest BCUT2D eigenvalue weighted by atomic mass is 10.2. The second-order valence-electron chi connectivity index (χ2n) is 7.76. The summed E-state index contributed by atoms with van der Waals surface area (Å²) < 4.78 is 15.4. The van der Waals surface area contributed by atoms with Gasteiger partial charge in [0.1, 0.15) is 12.4 Å². The van der Waals surface area contributed by atoms with Crippen LogP contribution in [0.25, 0.3) is 10.9 Å². The van der Waals surface area contributed by atoms with E-state index in [0.29, 0.717) is 10.9 Å². The van der Waals surface area contributed by atoms with Crippen molar-refractivity contribution >= 4 is 40.2 Å². The lowest BCUT2D eigenvalue weighted by molar-refractivity contribution is -0.139. The molecule has 9 nitrogen and oxygen atoms in total. The highest BCUT2D eigenvalue weighted by Crippen LogP contribution is 2.19. The van der Waals surface area contributed by atoms with Gasteiger partial charge in [-0.2, -0.15) is 5.10 Å². The molecule has 0 fully saturated rings.